The van der Waals surface area contributed by atoms with E-state index in [9.17, 15) is 19.1 Å². The van der Waals surface area contributed by atoms with Crippen LogP contribution in [0.5, 0.6) is 11.5 Å². The molecule has 2 N–H and O–H groups in total. The summed E-state index contributed by atoms with van der Waals surface area (Å²) in [5.74, 6) is 0.488. The number of benzene rings is 2. The molecular formula is C30H31FN2O4S. The van der Waals surface area contributed by atoms with Crippen LogP contribution in [0.1, 0.15) is 60.0 Å². The molecule has 0 atom stereocenters. The largest absolute Gasteiger partial charge is 0.456 e. The van der Waals surface area contributed by atoms with Gasteiger partial charge in [0.25, 0.3) is 11.5 Å². The van der Waals surface area contributed by atoms with Gasteiger partial charge in [-0.1, -0.05) is 6.07 Å². The van der Waals surface area contributed by atoms with E-state index in [1.54, 1.807) is 59.1 Å². The second kappa shape index (κ2) is 9.06. The van der Waals surface area contributed by atoms with E-state index in [0.29, 0.717) is 54.3 Å². The molecule has 38 heavy (non-hydrogen) atoms. The zero-order valence-corrected chi connectivity index (χ0v) is 23.2. The first kappa shape index (κ1) is 26.1. The number of pyridine rings is 1. The van der Waals surface area contributed by atoms with E-state index in [1.165, 1.54) is 28.0 Å². The zero-order chi connectivity index (χ0) is 27.6. The van der Waals surface area contributed by atoms with Gasteiger partial charge in [0.15, 0.2) is 0 Å². The molecule has 1 saturated carbocycles. The number of halogens is 1. The van der Waals surface area contributed by atoms with Crippen molar-refractivity contribution in [1.82, 2.24) is 9.88 Å². The van der Waals surface area contributed by atoms with Crippen LogP contribution in [0.25, 0.3) is 21.2 Å². The van der Waals surface area contributed by atoms with Crippen molar-refractivity contribution in [3.8, 4) is 22.6 Å². The highest BCUT2D eigenvalue weighted by atomic mass is 32.1. The number of aryl methyl sites for hydroxylation is 3. The maximum atomic E-state index is 14.0. The van der Waals surface area contributed by atoms with Crippen molar-refractivity contribution in [1.29, 1.82) is 0 Å². The molecule has 4 aromatic rings. The second-order valence-corrected chi connectivity index (χ2v) is 12.1. The first-order valence-electron chi connectivity index (χ1n) is 12.5. The number of thiophene rings is 1. The summed E-state index contributed by atoms with van der Waals surface area (Å²) in [6, 6.07) is 9.89. The highest BCUT2D eigenvalue weighted by molar-refractivity contribution is 7.21. The molecule has 0 bridgehead atoms. The lowest BCUT2D eigenvalue weighted by molar-refractivity contribution is 0.0786. The van der Waals surface area contributed by atoms with Gasteiger partial charge in [0.2, 0.25) is 0 Å². The molecule has 1 aliphatic rings. The van der Waals surface area contributed by atoms with Gasteiger partial charge >= 0.3 is 0 Å². The Kier molecular flexibility index (Phi) is 6.23. The third-order valence-electron chi connectivity index (χ3n) is 7.10. The number of amides is 1. The molecule has 1 aliphatic carbocycles. The number of rotatable bonds is 6. The van der Waals surface area contributed by atoms with Crippen molar-refractivity contribution in [2.75, 3.05) is 0 Å². The highest BCUT2D eigenvalue weighted by Crippen LogP contribution is 2.43. The molecule has 2 aromatic heterocycles. The number of fused-ring (bicyclic) bond motifs is 1. The second-order valence-electron chi connectivity index (χ2n) is 11.1. The van der Waals surface area contributed by atoms with E-state index in [4.69, 9.17) is 4.74 Å². The van der Waals surface area contributed by atoms with Gasteiger partial charge in [-0.3, -0.25) is 9.59 Å². The molecule has 0 radical (unpaired) electrons. The van der Waals surface area contributed by atoms with Gasteiger partial charge in [0.05, 0.1) is 20.6 Å². The Morgan fingerprint density at radius 2 is 1.79 bits per heavy atom. The van der Waals surface area contributed by atoms with Crippen LogP contribution in [0.4, 0.5) is 4.39 Å². The lowest BCUT2D eigenvalue weighted by atomic mass is 9.93. The summed E-state index contributed by atoms with van der Waals surface area (Å²) in [7, 11) is 1.67. The van der Waals surface area contributed by atoms with Crippen LogP contribution in [0.3, 0.4) is 0 Å². The Labute approximate surface area is 224 Å². The number of carbonyl (C=O) groups is 1. The average molecular weight is 535 g/mol. The Morgan fingerprint density at radius 3 is 2.39 bits per heavy atom. The maximum Gasteiger partial charge on any atom is 0.261 e. The Bertz CT molecular complexity index is 1630. The van der Waals surface area contributed by atoms with Crippen LogP contribution in [0.2, 0.25) is 0 Å². The Hall–Kier alpha value is -3.49. The molecule has 2 heterocycles. The topological polar surface area (TPSA) is 80.6 Å². The monoisotopic (exact) mass is 534 g/mol. The molecule has 0 aliphatic heterocycles. The summed E-state index contributed by atoms with van der Waals surface area (Å²) >= 11 is 1.26. The fourth-order valence-corrected chi connectivity index (χ4v) is 5.65. The van der Waals surface area contributed by atoms with Crippen molar-refractivity contribution in [2.45, 2.75) is 58.6 Å². The summed E-state index contributed by atoms with van der Waals surface area (Å²) in [4.78, 5) is 26.6. The van der Waals surface area contributed by atoms with Crippen molar-refractivity contribution in [2.24, 2.45) is 7.05 Å². The molecule has 5 rings (SSSR count). The van der Waals surface area contributed by atoms with E-state index < -0.39 is 5.60 Å². The van der Waals surface area contributed by atoms with Crippen molar-refractivity contribution < 1.29 is 19.0 Å². The molecule has 0 unspecified atom stereocenters. The van der Waals surface area contributed by atoms with Crippen LogP contribution in [-0.2, 0) is 12.6 Å². The summed E-state index contributed by atoms with van der Waals surface area (Å²) < 4.78 is 22.5. The van der Waals surface area contributed by atoms with Crippen molar-refractivity contribution >= 4 is 27.3 Å². The molecular weight excluding hydrogens is 503 g/mol. The Balaban J connectivity index is 1.71. The van der Waals surface area contributed by atoms with Crippen molar-refractivity contribution in [3.05, 3.63) is 80.3 Å². The van der Waals surface area contributed by atoms with Gasteiger partial charge in [0.1, 0.15) is 17.3 Å². The van der Waals surface area contributed by atoms with E-state index >= 15 is 0 Å². The fourth-order valence-electron chi connectivity index (χ4n) is 4.58. The number of carbonyl (C=O) groups excluding carboxylic acids is 1. The van der Waals surface area contributed by atoms with Gasteiger partial charge in [-0.2, -0.15) is 0 Å². The molecule has 0 spiro atoms. The maximum absolute atomic E-state index is 14.0. The average Bonchev–Trinajstić information content (AvgIpc) is 3.37. The van der Waals surface area contributed by atoms with E-state index in [0.717, 1.165) is 12.8 Å². The molecule has 1 amide bonds. The highest BCUT2D eigenvalue weighted by Gasteiger charge is 2.39. The number of hydrogen-bond donors (Lipinski definition) is 2. The predicted octanol–water partition coefficient (Wildman–Crippen LogP) is 6.32. The smallest absolute Gasteiger partial charge is 0.261 e. The van der Waals surface area contributed by atoms with Crippen LogP contribution in [0, 0.1) is 19.7 Å². The molecule has 2 aromatic carbocycles. The van der Waals surface area contributed by atoms with Crippen LogP contribution >= 0.6 is 11.3 Å². The first-order valence-corrected chi connectivity index (χ1v) is 13.3. The minimum atomic E-state index is -1.13. The predicted molar refractivity (Wildman–Crippen MR) is 149 cm³/mol. The van der Waals surface area contributed by atoms with Gasteiger partial charge in [0, 0.05) is 29.9 Å². The van der Waals surface area contributed by atoms with Gasteiger partial charge < -0.3 is 19.7 Å². The van der Waals surface area contributed by atoms with Gasteiger partial charge in [-0.15, -0.1) is 11.3 Å². The summed E-state index contributed by atoms with van der Waals surface area (Å²) in [6.45, 7) is 8.97. The summed E-state index contributed by atoms with van der Waals surface area (Å²) in [6.07, 6.45) is 3.60. The fraction of sp³-hybridized carbons (Fsp3) is 0.333. The number of aliphatic hydroxyl groups is 1. The molecule has 1 fully saturated rings. The lowest BCUT2D eigenvalue weighted by Gasteiger charge is -2.22. The quantitative estimate of drug-likeness (QED) is 0.303. The normalized spacial score (nSPS) is 14.5. The molecule has 0 saturated heterocycles. The number of aromatic nitrogens is 1. The molecule has 198 valence electrons. The van der Waals surface area contributed by atoms with Gasteiger partial charge in [-0.05, 0) is 94.5 Å². The number of nitrogens with zero attached hydrogens (tertiary/aromatic N) is 1. The minimum absolute atomic E-state index is 0.187. The zero-order valence-electron chi connectivity index (χ0n) is 22.4. The molecule has 8 heteroatoms. The SMILES string of the molecule is Cc1cc(F)cc(C)c1Oc1ccc(C(C)(C)O)cc1-c1cn(C)c(=O)c2cc(C(=O)NC3(C)CC3)sc12. The van der Waals surface area contributed by atoms with Crippen LogP contribution < -0.4 is 15.6 Å². The number of hydrogen-bond acceptors (Lipinski definition) is 5. The summed E-state index contributed by atoms with van der Waals surface area (Å²) in [5, 5.41) is 14.3. The lowest BCUT2D eigenvalue weighted by Crippen LogP contribution is -2.33. The van der Waals surface area contributed by atoms with Crippen LogP contribution in [-0.4, -0.2) is 21.1 Å². The van der Waals surface area contributed by atoms with E-state index in [-0.39, 0.29) is 22.8 Å². The number of nitrogens with one attached hydrogen (secondary N) is 1. The van der Waals surface area contributed by atoms with E-state index in [2.05, 4.69) is 5.32 Å². The van der Waals surface area contributed by atoms with E-state index in [1.807, 2.05) is 13.0 Å². The first-order chi connectivity index (χ1) is 17.8. The molecule has 6 nitrogen and oxygen atoms in total. The third-order valence-corrected chi connectivity index (χ3v) is 8.27. The standard InChI is InChI=1S/C30H31FN2O4S/c1-16-11-19(31)12-17(2)25(16)37-23-8-7-18(29(3,4)36)13-20(23)22-15-33(6)28(35)21-14-24(38-26(21)22)27(34)32-30(5)9-10-30/h7-8,11-15,36H,9-10H2,1-6H3,(H,32,34). The minimum Gasteiger partial charge on any atom is -0.456 e. The van der Waals surface area contributed by atoms with Crippen LogP contribution in [0.15, 0.2) is 47.4 Å². The Morgan fingerprint density at radius 1 is 1.13 bits per heavy atom. The third kappa shape index (κ3) is 4.86. The van der Waals surface area contributed by atoms with Crippen molar-refractivity contribution in [3.63, 3.8) is 0 Å². The summed E-state index contributed by atoms with van der Waals surface area (Å²) in [5.41, 5.74) is 1.78. The number of ether oxygens (including phenoxy) is 1. The van der Waals surface area contributed by atoms with Gasteiger partial charge in [-0.25, -0.2) is 4.39 Å².